The van der Waals surface area contributed by atoms with E-state index >= 15 is 0 Å². The van der Waals surface area contributed by atoms with E-state index in [0.717, 1.165) is 39.1 Å². The van der Waals surface area contributed by atoms with E-state index in [-0.39, 0.29) is 5.60 Å². The van der Waals surface area contributed by atoms with Crippen LogP contribution in [-0.4, -0.2) is 43.4 Å². The molecule has 2 saturated heterocycles. The van der Waals surface area contributed by atoms with Gasteiger partial charge in [-0.05, 0) is 25.8 Å². The lowest BCUT2D eigenvalue weighted by molar-refractivity contribution is -0.195. The third-order valence-corrected chi connectivity index (χ3v) is 4.49. The molecule has 0 bridgehead atoms. The fourth-order valence-corrected chi connectivity index (χ4v) is 3.70. The molecule has 1 atom stereocenters. The summed E-state index contributed by atoms with van der Waals surface area (Å²) in [5.74, 6) is 0. The molecule has 3 rings (SSSR count). The number of aryl methyl sites for hydroxylation is 2. The van der Waals surface area contributed by atoms with Crippen molar-refractivity contribution in [3.05, 3.63) is 34.9 Å². The summed E-state index contributed by atoms with van der Waals surface area (Å²) in [7, 11) is 1.82. The predicted molar refractivity (Wildman–Crippen MR) is 79.9 cm³/mol. The molecule has 3 heteroatoms. The van der Waals surface area contributed by atoms with E-state index in [1.165, 1.54) is 16.7 Å². The summed E-state index contributed by atoms with van der Waals surface area (Å²) in [6.45, 7) is 8.30. The first kappa shape index (κ1) is 14.1. The number of hydrogen-bond acceptors (Lipinski definition) is 3. The van der Waals surface area contributed by atoms with Gasteiger partial charge in [0.2, 0.25) is 0 Å². The lowest BCUT2D eigenvalue weighted by atomic mass is 9.84. The van der Waals surface area contributed by atoms with Gasteiger partial charge in [0.15, 0.2) is 0 Å². The molecule has 2 fully saturated rings. The largest absolute Gasteiger partial charge is 0.381 e. The smallest absolute Gasteiger partial charge is 0.0959 e. The van der Waals surface area contributed by atoms with E-state index in [0.29, 0.717) is 6.10 Å². The first-order chi connectivity index (χ1) is 9.58. The Bertz CT molecular complexity index is 460. The van der Waals surface area contributed by atoms with Gasteiger partial charge in [-0.1, -0.05) is 29.3 Å². The molecule has 1 spiro atoms. The first-order valence-corrected chi connectivity index (χ1v) is 7.55. The van der Waals surface area contributed by atoms with Crippen molar-refractivity contribution < 1.29 is 9.47 Å². The van der Waals surface area contributed by atoms with Crippen molar-refractivity contribution in [1.82, 2.24) is 4.90 Å². The van der Waals surface area contributed by atoms with Gasteiger partial charge in [0.1, 0.15) is 0 Å². The van der Waals surface area contributed by atoms with Gasteiger partial charge < -0.3 is 9.47 Å². The van der Waals surface area contributed by atoms with E-state index in [4.69, 9.17) is 9.47 Å². The molecule has 20 heavy (non-hydrogen) atoms. The maximum absolute atomic E-state index is 6.03. The normalized spacial score (nSPS) is 25.6. The fraction of sp³-hybridized carbons (Fsp3) is 0.647. The van der Waals surface area contributed by atoms with Crippen molar-refractivity contribution in [3.63, 3.8) is 0 Å². The average molecular weight is 275 g/mol. The summed E-state index contributed by atoms with van der Waals surface area (Å²) < 4.78 is 11.5. The van der Waals surface area contributed by atoms with Crippen molar-refractivity contribution in [3.8, 4) is 0 Å². The Kier molecular flexibility index (Phi) is 3.85. The Labute approximate surface area is 121 Å². The van der Waals surface area contributed by atoms with E-state index in [9.17, 15) is 0 Å². The van der Waals surface area contributed by atoms with Crippen LogP contribution in [0.25, 0.3) is 0 Å². The molecule has 0 saturated carbocycles. The molecular formula is C17H25NO2. The molecule has 0 unspecified atom stereocenters. The average Bonchev–Trinajstić information content (AvgIpc) is 2.36. The highest BCUT2D eigenvalue weighted by Crippen LogP contribution is 2.35. The Morgan fingerprint density at radius 1 is 1.25 bits per heavy atom. The first-order valence-electron chi connectivity index (χ1n) is 7.55. The highest BCUT2D eigenvalue weighted by molar-refractivity contribution is 5.28. The summed E-state index contributed by atoms with van der Waals surface area (Å²) in [5, 5.41) is 0. The van der Waals surface area contributed by atoms with Gasteiger partial charge in [-0.25, -0.2) is 0 Å². The Hall–Kier alpha value is -0.900. The zero-order valence-corrected chi connectivity index (χ0v) is 12.8. The molecule has 0 N–H and O–H groups in total. The van der Waals surface area contributed by atoms with Gasteiger partial charge in [-0.15, -0.1) is 0 Å². The lowest BCUT2D eigenvalue weighted by Crippen LogP contribution is -2.65. The zero-order chi connectivity index (χ0) is 14.2. The molecule has 0 radical (unpaired) electrons. The van der Waals surface area contributed by atoms with Crippen molar-refractivity contribution in [1.29, 1.82) is 0 Å². The van der Waals surface area contributed by atoms with Crippen molar-refractivity contribution >= 4 is 0 Å². The van der Waals surface area contributed by atoms with Crippen LogP contribution in [0, 0.1) is 13.8 Å². The van der Waals surface area contributed by atoms with Gasteiger partial charge in [0, 0.05) is 39.8 Å². The van der Waals surface area contributed by atoms with Crippen LogP contribution in [0.1, 0.15) is 29.5 Å². The van der Waals surface area contributed by atoms with Gasteiger partial charge in [0.25, 0.3) is 0 Å². The van der Waals surface area contributed by atoms with Crippen LogP contribution in [0.5, 0.6) is 0 Å². The maximum atomic E-state index is 6.03. The van der Waals surface area contributed by atoms with Crippen LogP contribution < -0.4 is 0 Å². The van der Waals surface area contributed by atoms with Crippen molar-refractivity contribution in [2.24, 2.45) is 0 Å². The summed E-state index contributed by atoms with van der Waals surface area (Å²) in [4.78, 5) is 2.48. The molecule has 1 aromatic carbocycles. The minimum atomic E-state index is 0.0673. The van der Waals surface area contributed by atoms with Crippen LogP contribution in [0.15, 0.2) is 18.2 Å². The minimum absolute atomic E-state index is 0.0673. The Morgan fingerprint density at radius 3 is 2.60 bits per heavy atom. The minimum Gasteiger partial charge on any atom is -0.381 e. The Balaban J connectivity index is 1.57. The SMILES string of the molecule is CO[C@H]1CCOC2(C1)CN(Cc1cc(C)cc(C)c1)C2. The Morgan fingerprint density at radius 2 is 1.95 bits per heavy atom. The van der Waals surface area contributed by atoms with Crippen molar-refractivity contribution in [2.75, 3.05) is 26.8 Å². The summed E-state index contributed by atoms with van der Waals surface area (Å²) >= 11 is 0. The molecule has 2 aliphatic heterocycles. The standard InChI is InChI=1S/C17H25NO2/c1-13-6-14(2)8-15(7-13)10-18-11-17(12-18)9-16(19-3)4-5-20-17/h6-8,16H,4-5,9-12H2,1-3H3/t16-/m0/s1. The predicted octanol–water partition coefficient (Wildman–Crippen LogP) is 2.68. The maximum Gasteiger partial charge on any atom is 0.0959 e. The second-order valence-corrected chi connectivity index (χ2v) is 6.52. The van der Waals surface area contributed by atoms with E-state index in [1.54, 1.807) is 0 Å². The van der Waals surface area contributed by atoms with Gasteiger partial charge in [-0.2, -0.15) is 0 Å². The summed E-state index contributed by atoms with van der Waals surface area (Å²) in [6.07, 6.45) is 2.47. The number of benzene rings is 1. The molecule has 2 heterocycles. The summed E-state index contributed by atoms with van der Waals surface area (Å²) in [6, 6.07) is 6.81. The monoisotopic (exact) mass is 275 g/mol. The number of ether oxygens (including phenoxy) is 2. The summed E-state index contributed by atoms with van der Waals surface area (Å²) in [5.41, 5.74) is 4.18. The van der Waals surface area contributed by atoms with Gasteiger partial charge >= 0.3 is 0 Å². The molecule has 3 nitrogen and oxygen atoms in total. The molecular weight excluding hydrogens is 250 g/mol. The third-order valence-electron chi connectivity index (χ3n) is 4.49. The number of likely N-dealkylation sites (tertiary alicyclic amines) is 1. The van der Waals surface area contributed by atoms with Crippen LogP contribution in [0.4, 0.5) is 0 Å². The number of nitrogens with zero attached hydrogens (tertiary/aromatic N) is 1. The fourth-order valence-electron chi connectivity index (χ4n) is 3.70. The van der Waals surface area contributed by atoms with Gasteiger partial charge in [-0.3, -0.25) is 4.90 Å². The van der Waals surface area contributed by atoms with Crippen LogP contribution in [0.3, 0.4) is 0 Å². The lowest BCUT2D eigenvalue weighted by Gasteiger charge is -2.53. The van der Waals surface area contributed by atoms with E-state index < -0.39 is 0 Å². The van der Waals surface area contributed by atoms with Gasteiger partial charge in [0.05, 0.1) is 11.7 Å². The van der Waals surface area contributed by atoms with Crippen LogP contribution in [0.2, 0.25) is 0 Å². The van der Waals surface area contributed by atoms with Crippen molar-refractivity contribution in [2.45, 2.75) is 44.9 Å². The quantitative estimate of drug-likeness (QED) is 0.846. The molecule has 0 aromatic heterocycles. The topological polar surface area (TPSA) is 21.7 Å². The number of rotatable bonds is 3. The molecule has 0 amide bonds. The second-order valence-electron chi connectivity index (χ2n) is 6.52. The molecule has 0 aliphatic carbocycles. The molecule has 1 aromatic rings. The number of hydrogen-bond donors (Lipinski definition) is 0. The van der Waals surface area contributed by atoms with Crippen LogP contribution >= 0.6 is 0 Å². The zero-order valence-electron chi connectivity index (χ0n) is 12.8. The van der Waals surface area contributed by atoms with E-state index in [1.807, 2.05) is 7.11 Å². The third kappa shape index (κ3) is 2.90. The van der Waals surface area contributed by atoms with Crippen LogP contribution in [-0.2, 0) is 16.0 Å². The molecule has 110 valence electrons. The highest BCUT2D eigenvalue weighted by Gasteiger charge is 2.47. The highest BCUT2D eigenvalue weighted by atomic mass is 16.5. The molecule has 2 aliphatic rings. The number of methoxy groups -OCH3 is 1. The second kappa shape index (κ2) is 5.47. The van der Waals surface area contributed by atoms with E-state index in [2.05, 4.69) is 36.9 Å².